The van der Waals surface area contributed by atoms with Gasteiger partial charge in [0.15, 0.2) is 0 Å². The van der Waals surface area contributed by atoms with Gasteiger partial charge in [0.05, 0.1) is 13.1 Å². The number of hydrogen-bond acceptors (Lipinski definition) is 4. The molecule has 1 fully saturated rings. The third kappa shape index (κ3) is 6.04. The fraction of sp³-hybridized carbons (Fsp3) is 0.636. The molecule has 0 aromatic heterocycles. The number of anilines is 1. The van der Waals surface area contributed by atoms with Crippen LogP contribution in [-0.2, 0) is 9.59 Å². The van der Waals surface area contributed by atoms with Crippen molar-refractivity contribution in [1.29, 1.82) is 0 Å². The number of piperidine rings is 1. The number of rotatable bonds is 8. The van der Waals surface area contributed by atoms with Crippen LogP contribution in [0.5, 0.6) is 0 Å². The highest BCUT2D eigenvalue weighted by molar-refractivity contribution is 5.94. The standard InChI is InChI=1S/C22H35N3O3/c1-15(2)18-7-6-8-19(16(3)4)22(18)23-20(26)13-25-11-9-17(10-12-25)24(5)14-21(27)28/h6-8,15-17H,9-14H2,1-5H3,(H,23,26)(H,27,28). The smallest absolute Gasteiger partial charge is 0.317 e. The van der Waals surface area contributed by atoms with Crippen molar-refractivity contribution in [2.24, 2.45) is 0 Å². The fourth-order valence-electron chi connectivity index (χ4n) is 3.94. The van der Waals surface area contributed by atoms with Gasteiger partial charge in [0.2, 0.25) is 5.91 Å². The lowest BCUT2D eigenvalue weighted by molar-refractivity contribution is -0.138. The lowest BCUT2D eigenvalue weighted by Crippen LogP contribution is -2.46. The molecular formula is C22H35N3O3. The molecule has 1 aromatic carbocycles. The fourth-order valence-corrected chi connectivity index (χ4v) is 3.94. The third-order valence-corrected chi connectivity index (χ3v) is 5.57. The highest BCUT2D eigenvalue weighted by Crippen LogP contribution is 2.32. The van der Waals surface area contributed by atoms with E-state index >= 15 is 0 Å². The van der Waals surface area contributed by atoms with Crippen molar-refractivity contribution in [2.75, 3.05) is 38.5 Å². The first kappa shape index (κ1) is 22.4. The Morgan fingerprint density at radius 3 is 2.14 bits per heavy atom. The maximum absolute atomic E-state index is 12.8. The van der Waals surface area contributed by atoms with E-state index in [0.29, 0.717) is 18.4 Å². The molecule has 1 heterocycles. The summed E-state index contributed by atoms with van der Waals surface area (Å²) in [5, 5.41) is 12.1. The molecule has 1 aliphatic rings. The maximum atomic E-state index is 12.8. The zero-order chi connectivity index (χ0) is 20.8. The average Bonchev–Trinajstić information content (AvgIpc) is 2.61. The first-order chi connectivity index (χ1) is 13.2. The van der Waals surface area contributed by atoms with E-state index in [1.807, 2.05) is 11.9 Å². The van der Waals surface area contributed by atoms with Gasteiger partial charge in [-0.3, -0.25) is 19.4 Å². The first-order valence-corrected chi connectivity index (χ1v) is 10.3. The molecule has 28 heavy (non-hydrogen) atoms. The number of carboxylic acids is 1. The second kappa shape index (κ2) is 10.0. The van der Waals surface area contributed by atoms with E-state index < -0.39 is 5.97 Å². The normalized spacial score (nSPS) is 16.1. The average molecular weight is 390 g/mol. The minimum atomic E-state index is -0.797. The summed E-state index contributed by atoms with van der Waals surface area (Å²) in [4.78, 5) is 27.7. The summed E-state index contributed by atoms with van der Waals surface area (Å²) < 4.78 is 0. The number of likely N-dealkylation sites (N-methyl/N-ethyl adjacent to an activating group) is 1. The quantitative estimate of drug-likeness (QED) is 0.713. The highest BCUT2D eigenvalue weighted by atomic mass is 16.4. The van der Waals surface area contributed by atoms with Crippen molar-refractivity contribution in [3.63, 3.8) is 0 Å². The molecule has 0 spiro atoms. The molecule has 1 amide bonds. The van der Waals surface area contributed by atoms with Gasteiger partial charge in [0.25, 0.3) is 0 Å². The Morgan fingerprint density at radius 2 is 1.68 bits per heavy atom. The molecule has 0 atom stereocenters. The number of benzene rings is 1. The molecule has 0 aliphatic carbocycles. The number of nitrogens with one attached hydrogen (secondary N) is 1. The molecule has 6 heteroatoms. The Labute approximate surface area is 168 Å². The van der Waals surface area contributed by atoms with Crippen LogP contribution in [0, 0.1) is 0 Å². The van der Waals surface area contributed by atoms with E-state index in [4.69, 9.17) is 5.11 Å². The molecule has 156 valence electrons. The van der Waals surface area contributed by atoms with Gasteiger partial charge >= 0.3 is 5.97 Å². The molecule has 1 saturated heterocycles. The van der Waals surface area contributed by atoms with Gasteiger partial charge in [-0.25, -0.2) is 0 Å². The first-order valence-electron chi connectivity index (χ1n) is 10.3. The van der Waals surface area contributed by atoms with Gasteiger partial charge in [-0.05, 0) is 42.9 Å². The highest BCUT2D eigenvalue weighted by Gasteiger charge is 2.25. The van der Waals surface area contributed by atoms with Crippen LogP contribution >= 0.6 is 0 Å². The van der Waals surface area contributed by atoms with Crippen LogP contribution in [0.3, 0.4) is 0 Å². The minimum Gasteiger partial charge on any atom is -0.480 e. The lowest BCUT2D eigenvalue weighted by Gasteiger charge is -2.35. The number of hydrogen-bond donors (Lipinski definition) is 2. The Kier molecular flexibility index (Phi) is 8.01. The van der Waals surface area contributed by atoms with E-state index in [2.05, 4.69) is 56.1 Å². The van der Waals surface area contributed by atoms with Crippen molar-refractivity contribution >= 4 is 17.6 Å². The number of carboxylic acid groups (broad SMARTS) is 1. The Balaban J connectivity index is 1.96. The summed E-state index contributed by atoms with van der Waals surface area (Å²) in [5.41, 5.74) is 3.32. The van der Waals surface area contributed by atoms with Gasteiger partial charge in [0, 0.05) is 24.8 Å². The topological polar surface area (TPSA) is 72.9 Å². The van der Waals surface area contributed by atoms with Crippen LogP contribution in [0.25, 0.3) is 0 Å². The van der Waals surface area contributed by atoms with Gasteiger partial charge < -0.3 is 10.4 Å². The van der Waals surface area contributed by atoms with Gasteiger partial charge in [-0.2, -0.15) is 0 Å². The van der Waals surface area contributed by atoms with Crippen LogP contribution < -0.4 is 5.32 Å². The predicted molar refractivity (Wildman–Crippen MR) is 113 cm³/mol. The number of amides is 1. The van der Waals surface area contributed by atoms with Crippen LogP contribution in [0.15, 0.2) is 18.2 Å². The van der Waals surface area contributed by atoms with E-state index in [1.165, 1.54) is 11.1 Å². The van der Waals surface area contributed by atoms with Crippen molar-refractivity contribution in [3.8, 4) is 0 Å². The molecule has 1 aliphatic heterocycles. The Hall–Kier alpha value is -1.92. The molecule has 6 nitrogen and oxygen atoms in total. The summed E-state index contributed by atoms with van der Waals surface area (Å²) in [6, 6.07) is 6.52. The van der Waals surface area contributed by atoms with Gasteiger partial charge in [-0.1, -0.05) is 45.9 Å². The number of aliphatic carboxylic acids is 1. The zero-order valence-corrected chi connectivity index (χ0v) is 17.9. The Bertz CT molecular complexity index is 653. The van der Waals surface area contributed by atoms with Crippen molar-refractivity contribution in [3.05, 3.63) is 29.3 Å². The molecule has 1 aromatic rings. The largest absolute Gasteiger partial charge is 0.480 e. The van der Waals surface area contributed by atoms with Crippen LogP contribution in [-0.4, -0.2) is 66.1 Å². The second-order valence-electron chi connectivity index (χ2n) is 8.49. The van der Waals surface area contributed by atoms with Crippen molar-refractivity contribution in [1.82, 2.24) is 9.80 Å². The number of para-hydroxylation sites is 1. The van der Waals surface area contributed by atoms with Crippen LogP contribution in [0.4, 0.5) is 5.69 Å². The van der Waals surface area contributed by atoms with Gasteiger partial charge in [0.1, 0.15) is 0 Å². The van der Waals surface area contributed by atoms with Crippen molar-refractivity contribution in [2.45, 2.75) is 58.4 Å². The molecule has 0 bridgehead atoms. The molecule has 0 unspecified atom stereocenters. The molecule has 0 saturated carbocycles. The van der Waals surface area contributed by atoms with Crippen LogP contribution in [0.2, 0.25) is 0 Å². The monoisotopic (exact) mass is 389 g/mol. The number of carbonyl (C=O) groups excluding carboxylic acids is 1. The summed E-state index contributed by atoms with van der Waals surface area (Å²) in [7, 11) is 1.86. The second-order valence-corrected chi connectivity index (χ2v) is 8.49. The molecule has 0 radical (unpaired) electrons. The minimum absolute atomic E-state index is 0.0207. The summed E-state index contributed by atoms with van der Waals surface area (Å²) >= 11 is 0. The third-order valence-electron chi connectivity index (χ3n) is 5.57. The van der Waals surface area contributed by atoms with E-state index in [-0.39, 0.29) is 18.5 Å². The van der Waals surface area contributed by atoms with Crippen LogP contribution in [0.1, 0.15) is 63.5 Å². The maximum Gasteiger partial charge on any atom is 0.317 e. The summed E-state index contributed by atoms with van der Waals surface area (Å²) in [6.45, 7) is 10.6. The number of likely N-dealkylation sites (tertiary alicyclic amines) is 1. The predicted octanol–water partition coefficient (Wildman–Crippen LogP) is 3.35. The Morgan fingerprint density at radius 1 is 1.14 bits per heavy atom. The van der Waals surface area contributed by atoms with E-state index in [1.54, 1.807) is 0 Å². The molecule has 2 rings (SSSR count). The van der Waals surface area contributed by atoms with E-state index in [0.717, 1.165) is 31.6 Å². The van der Waals surface area contributed by atoms with Gasteiger partial charge in [-0.15, -0.1) is 0 Å². The molecular weight excluding hydrogens is 354 g/mol. The zero-order valence-electron chi connectivity index (χ0n) is 17.9. The van der Waals surface area contributed by atoms with Crippen molar-refractivity contribution < 1.29 is 14.7 Å². The van der Waals surface area contributed by atoms with E-state index in [9.17, 15) is 9.59 Å². The number of nitrogens with zero attached hydrogens (tertiary/aromatic N) is 2. The summed E-state index contributed by atoms with van der Waals surface area (Å²) in [6.07, 6.45) is 1.77. The lowest BCUT2D eigenvalue weighted by atomic mass is 9.92. The number of carbonyl (C=O) groups is 2. The summed E-state index contributed by atoms with van der Waals surface area (Å²) in [5.74, 6) is -0.0922. The SMILES string of the molecule is CC(C)c1cccc(C(C)C)c1NC(=O)CN1CCC(N(C)CC(=O)O)CC1. The molecule has 2 N–H and O–H groups in total.